The third-order valence-electron chi connectivity index (χ3n) is 1.87. The SMILES string of the molecule is COC(=O)CCc1ccc(/C=C/C(=O)[O-])o1. The van der Waals surface area contributed by atoms with Crippen LogP contribution in [0.2, 0.25) is 0 Å². The highest BCUT2D eigenvalue weighted by Gasteiger charge is 2.04. The Hall–Kier alpha value is -2.04. The molecular formula is C11H11O5-. The molecule has 1 heterocycles. The molecule has 0 saturated carbocycles. The van der Waals surface area contributed by atoms with Crippen molar-refractivity contribution in [2.45, 2.75) is 12.8 Å². The topological polar surface area (TPSA) is 79.6 Å². The van der Waals surface area contributed by atoms with Gasteiger partial charge in [-0.05, 0) is 24.3 Å². The second kappa shape index (κ2) is 5.75. The highest BCUT2D eigenvalue weighted by Crippen LogP contribution is 2.11. The molecule has 5 nitrogen and oxygen atoms in total. The molecular weight excluding hydrogens is 212 g/mol. The standard InChI is InChI=1S/C11H12O5/c1-15-11(14)7-5-9-3-2-8(16-9)4-6-10(12)13/h2-4,6H,5,7H2,1H3,(H,12,13)/p-1/b6-4+. The van der Waals surface area contributed by atoms with Gasteiger partial charge in [-0.25, -0.2) is 0 Å². The van der Waals surface area contributed by atoms with Gasteiger partial charge < -0.3 is 19.1 Å². The molecule has 0 aromatic carbocycles. The lowest BCUT2D eigenvalue weighted by molar-refractivity contribution is -0.297. The first-order valence-electron chi connectivity index (χ1n) is 4.66. The van der Waals surface area contributed by atoms with E-state index in [-0.39, 0.29) is 12.4 Å². The fourth-order valence-electron chi connectivity index (χ4n) is 1.10. The fourth-order valence-corrected chi connectivity index (χ4v) is 1.10. The molecule has 0 bridgehead atoms. The van der Waals surface area contributed by atoms with E-state index in [4.69, 9.17) is 4.42 Å². The van der Waals surface area contributed by atoms with Crippen LogP contribution < -0.4 is 5.11 Å². The fraction of sp³-hybridized carbons (Fsp3) is 0.273. The molecule has 0 N–H and O–H groups in total. The Balaban J connectivity index is 2.51. The second-order valence-corrected chi connectivity index (χ2v) is 3.03. The predicted molar refractivity (Wildman–Crippen MR) is 53.1 cm³/mol. The van der Waals surface area contributed by atoms with Gasteiger partial charge in [0.25, 0.3) is 0 Å². The average molecular weight is 223 g/mol. The Morgan fingerprint density at radius 2 is 2.25 bits per heavy atom. The molecule has 0 aliphatic carbocycles. The zero-order valence-corrected chi connectivity index (χ0v) is 8.76. The van der Waals surface area contributed by atoms with Gasteiger partial charge in [0.1, 0.15) is 11.5 Å². The number of esters is 1. The molecule has 1 aromatic rings. The maximum atomic E-state index is 10.8. The van der Waals surface area contributed by atoms with Gasteiger partial charge in [-0.15, -0.1) is 0 Å². The van der Waals surface area contributed by atoms with Crippen LogP contribution in [0.1, 0.15) is 17.9 Å². The molecule has 86 valence electrons. The number of methoxy groups -OCH3 is 1. The Labute approximate surface area is 92.3 Å². The van der Waals surface area contributed by atoms with Gasteiger partial charge in [0.05, 0.1) is 19.5 Å². The number of aryl methyl sites for hydroxylation is 1. The van der Waals surface area contributed by atoms with Gasteiger partial charge in [0.2, 0.25) is 0 Å². The number of carboxylic acid groups (broad SMARTS) is 1. The first-order chi connectivity index (χ1) is 7.61. The molecule has 5 heteroatoms. The highest BCUT2D eigenvalue weighted by atomic mass is 16.5. The van der Waals surface area contributed by atoms with Gasteiger partial charge in [-0.3, -0.25) is 4.79 Å². The molecule has 0 aliphatic heterocycles. The summed E-state index contributed by atoms with van der Waals surface area (Å²) in [6, 6.07) is 3.30. The molecule has 0 unspecified atom stereocenters. The molecule has 0 spiro atoms. The average Bonchev–Trinajstić information content (AvgIpc) is 2.71. The summed E-state index contributed by atoms with van der Waals surface area (Å²) in [7, 11) is 1.32. The van der Waals surface area contributed by atoms with E-state index in [1.807, 2.05) is 0 Å². The van der Waals surface area contributed by atoms with E-state index in [2.05, 4.69) is 4.74 Å². The van der Waals surface area contributed by atoms with Gasteiger partial charge >= 0.3 is 5.97 Å². The summed E-state index contributed by atoms with van der Waals surface area (Å²) in [4.78, 5) is 21.0. The first-order valence-corrected chi connectivity index (χ1v) is 4.66. The Kier molecular flexibility index (Phi) is 4.32. The molecule has 0 atom stereocenters. The van der Waals surface area contributed by atoms with Crippen LogP contribution in [0.5, 0.6) is 0 Å². The minimum Gasteiger partial charge on any atom is -0.545 e. The van der Waals surface area contributed by atoms with Crippen LogP contribution >= 0.6 is 0 Å². The van der Waals surface area contributed by atoms with E-state index in [0.717, 1.165) is 6.08 Å². The summed E-state index contributed by atoms with van der Waals surface area (Å²) in [5.41, 5.74) is 0. The highest BCUT2D eigenvalue weighted by molar-refractivity contribution is 5.82. The number of hydrogen-bond donors (Lipinski definition) is 0. The van der Waals surface area contributed by atoms with E-state index in [1.54, 1.807) is 12.1 Å². The van der Waals surface area contributed by atoms with Crippen molar-refractivity contribution in [3.05, 3.63) is 29.7 Å². The quantitative estimate of drug-likeness (QED) is 0.524. The van der Waals surface area contributed by atoms with Crippen LogP contribution in [-0.4, -0.2) is 19.0 Å². The van der Waals surface area contributed by atoms with Gasteiger partial charge in [0, 0.05) is 6.42 Å². The lowest BCUT2D eigenvalue weighted by Gasteiger charge is -1.96. The summed E-state index contributed by atoms with van der Waals surface area (Å²) in [6.07, 6.45) is 2.82. The lowest BCUT2D eigenvalue weighted by atomic mass is 10.2. The molecule has 16 heavy (non-hydrogen) atoms. The molecule has 0 fully saturated rings. The number of hydrogen-bond acceptors (Lipinski definition) is 5. The number of carbonyl (C=O) groups excluding carboxylic acids is 2. The predicted octanol–water partition coefficient (Wildman–Crippen LogP) is 0.148. The van der Waals surface area contributed by atoms with Crippen LogP contribution in [0.3, 0.4) is 0 Å². The van der Waals surface area contributed by atoms with Crippen LogP contribution in [-0.2, 0) is 20.7 Å². The summed E-state index contributed by atoms with van der Waals surface area (Å²) in [5, 5.41) is 10.1. The van der Waals surface area contributed by atoms with Crippen molar-refractivity contribution in [2.75, 3.05) is 7.11 Å². The van der Waals surface area contributed by atoms with Gasteiger partial charge in [0.15, 0.2) is 0 Å². The summed E-state index contributed by atoms with van der Waals surface area (Å²) >= 11 is 0. The smallest absolute Gasteiger partial charge is 0.305 e. The number of rotatable bonds is 5. The first kappa shape index (κ1) is 12.0. The minimum absolute atomic E-state index is 0.230. The third-order valence-corrected chi connectivity index (χ3v) is 1.87. The van der Waals surface area contributed by atoms with Crippen LogP contribution in [0.4, 0.5) is 0 Å². The number of furan rings is 1. The number of aliphatic carboxylic acids is 1. The maximum Gasteiger partial charge on any atom is 0.305 e. The normalized spacial score (nSPS) is 10.6. The van der Waals surface area contributed by atoms with Gasteiger partial charge in [-0.1, -0.05) is 0 Å². The van der Waals surface area contributed by atoms with Crippen LogP contribution in [0.25, 0.3) is 6.08 Å². The summed E-state index contributed by atoms with van der Waals surface area (Å²) in [6.45, 7) is 0. The monoisotopic (exact) mass is 223 g/mol. The number of ether oxygens (including phenoxy) is 1. The summed E-state index contributed by atoms with van der Waals surface area (Å²) < 4.78 is 9.72. The van der Waals surface area contributed by atoms with Crippen molar-refractivity contribution in [1.29, 1.82) is 0 Å². The second-order valence-electron chi connectivity index (χ2n) is 3.03. The zero-order chi connectivity index (χ0) is 12.0. The number of carboxylic acids is 1. The minimum atomic E-state index is -1.28. The van der Waals surface area contributed by atoms with Crippen molar-refractivity contribution in [2.24, 2.45) is 0 Å². The molecule has 1 rings (SSSR count). The molecule has 0 amide bonds. The largest absolute Gasteiger partial charge is 0.545 e. The van der Waals surface area contributed by atoms with E-state index >= 15 is 0 Å². The summed E-state index contributed by atoms with van der Waals surface area (Å²) in [5.74, 6) is -0.594. The van der Waals surface area contributed by atoms with E-state index in [1.165, 1.54) is 13.2 Å². The molecule has 1 aromatic heterocycles. The van der Waals surface area contributed by atoms with Crippen molar-refractivity contribution in [1.82, 2.24) is 0 Å². The Morgan fingerprint density at radius 3 is 2.88 bits per heavy atom. The Bertz CT molecular complexity index is 402. The zero-order valence-electron chi connectivity index (χ0n) is 8.76. The molecule has 0 aliphatic rings. The van der Waals surface area contributed by atoms with Gasteiger partial charge in [-0.2, -0.15) is 0 Å². The van der Waals surface area contributed by atoms with Crippen molar-refractivity contribution < 1.29 is 23.8 Å². The van der Waals surface area contributed by atoms with E-state index in [0.29, 0.717) is 17.9 Å². The van der Waals surface area contributed by atoms with Crippen molar-refractivity contribution in [3.63, 3.8) is 0 Å². The van der Waals surface area contributed by atoms with E-state index in [9.17, 15) is 14.7 Å². The molecule has 0 saturated heterocycles. The Morgan fingerprint density at radius 1 is 1.50 bits per heavy atom. The van der Waals surface area contributed by atoms with Crippen molar-refractivity contribution >= 4 is 18.0 Å². The lowest BCUT2D eigenvalue weighted by Crippen LogP contribution is -2.18. The number of carbonyl (C=O) groups is 2. The molecule has 0 radical (unpaired) electrons. The van der Waals surface area contributed by atoms with E-state index < -0.39 is 5.97 Å². The maximum absolute atomic E-state index is 10.8. The van der Waals surface area contributed by atoms with Crippen LogP contribution in [0, 0.1) is 0 Å². The third kappa shape index (κ3) is 4.00. The van der Waals surface area contributed by atoms with Crippen molar-refractivity contribution in [3.8, 4) is 0 Å². The van der Waals surface area contributed by atoms with Crippen LogP contribution in [0.15, 0.2) is 22.6 Å².